The molecule has 0 N–H and O–H groups in total. The summed E-state index contributed by atoms with van der Waals surface area (Å²) in [5, 5.41) is 13.7. The normalized spacial score (nSPS) is 11.1. The van der Waals surface area contributed by atoms with E-state index in [1.165, 1.54) is 16.6 Å². The predicted octanol–water partition coefficient (Wildman–Crippen LogP) is 4.39. The van der Waals surface area contributed by atoms with Gasteiger partial charge in [0.2, 0.25) is 0 Å². The molecule has 5 heteroatoms. The number of rotatable bonds is 5. The highest BCUT2D eigenvalue weighted by Crippen LogP contribution is 2.30. The van der Waals surface area contributed by atoms with E-state index in [-0.39, 0.29) is 0 Å². The van der Waals surface area contributed by atoms with E-state index in [4.69, 9.17) is 0 Å². The Kier molecular flexibility index (Phi) is 4.18. The topological polar surface area (TPSA) is 48.5 Å². The average Bonchev–Trinajstić information content (AvgIpc) is 3.34. The third kappa shape index (κ3) is 3.07. The molecule has 0 atom stereocenters. The van der Waals surface area contributed by atoms with Crippen LogP contribution < -0.4 is 0 Å². The zero-order valence-corrected chi connectivity index (χ0v) is 15.3. The highest BCUT2D eigenvalue weighted by atomic mass is 15.5. The van der Waals surface area contributed by atoms with Gasteiger partial charge in [0.25, 0.3) is 0 Å². The van der Waals surface area contributed by atoms with Crippen LogP contribution in [0.1, 0.15) is 11.1 Å². The maximum Gasteiger partial charge on any atom is 0.184 e. The van der Waals surface area contributed by atoms with Crippen molar-refractivity contribution in [3.63, 3.8) is 0 Å². The lowest BCUT2D eigenvalue weighted by Gasteiger charge is -2.05. The largest absolute Gasteiger partial charge is 0.342 e. The Labute approximate surface area is 162 Å². The molecule has 5 aromatic rings. The fourth-order valence-electron chi connectivity index (χ4n) is 3.60. The molecular formula is C23H19N5. The first kappa shape index (κ1) is 16.4. The summed E-state index contributed by atoms with van der Waals surface area (Å²) in [4.78, 5) is 0. The lowest BCUT2D eigenvalue weighted by atomic mass is 10.1. The van der Waals surface area contributed by atoms with E-state index in [1.54, 1.807) is 0 Å². The minimum absolute atomic E-state index is 0.640. The van der Waals surface area contributed by atoms with Crippen LogP contribution >= 0.6 is 0 Å². The van der Waals surface area contributed by atoms with Crippen molar-refractivity contribution in [1.82, 2.24) is 24.8 Å². The summed E-state index contributed by atoms with van der Waals surface area (Å²) in [5.41, 5.74) is 4.66. The van der Waals surface area contributed by atoms with Crippen molar-refractivity contribution in [2.45, 2.75) is 13.1 Å². The van der Waals surface area contributed by atoms with Gasteiger partial charge in [0.05, 0.1) is 6.54 Å². The summed E-state index contributed by atoms with van der Waals surface area (Å²) >= 11 is 0. The van der Waals surface area contributed by atoms with Crippen molar-refractivity contribution in [3.8, 4) is 11.4 Å². The first-order valence-corrected chi connectivity index (χ1v) is 9.31. The van der Waals surface area contributed by atoms with E-state index in [1.807, 2.05) is 28.9 Å². The molecule has 0 unspecified atom stereocenters. The van der Waals surface area contributed by atoms with E-state index in [2.05, 4.69) is 87.0 Å². The van der Waals surface area contributed by atoms with Gasteiger partial charge >= 0.3 is 0 Å². The summed E-state index contributed by atoms with van der Waals surface area (Å²) in [5.74, 6) is 0.784. The van der Waals surface area contributed by atoms with Gasteiger partial charge in [-0.05, 0) is 27.6 Å². The quantitative estimate of drug-likeness (QED) is 0.464. The number of hydrogen-bond donors (Lipinski definition) is 0. The molecule has 0 bridgehead atoms. The second kappa shape index (κ2) is 7.12. The fraction of sp³-hybridized carbons (Fsp3) is 0.0870. The molecule has 0 spiro atoms. The molecule has 0 saturated heterocycles. The third-order valence-electron chi connectivity index (χ3n) is 4.93. The third-order valence-corrected chi connectivity index (χ3v) is 4.93. The maximum atomic E-state index is 4.34. The molecular weight excluding hydrogens is 346 g/mol. The molecule has 0 radical (unpaired) electrons. The number of hydrogen-bond acceptors (Lipinski definition) is 3. The second-order valence-corrected chi connectivity index (χ2v) is 6.82. The van der Waals surface area contributed by atoms with Crippen molar-refractivity contribution in [1.29, 1.82) is 0 Å². The van der Waals surface area contributed by atoms with Gasteiger partial charge < -0.3 is 4.57 Å². The molecule has 0 saturated carbocycles. The van der Waals surface area contributed by atoms with Gasteiger partial charge in [-0.2, -0.15) is 0 Å². The highest BCUT2D eigenvalue weighted by molar-refractivity contribution is 5.94. The Hall–Kier alpha value is -3.73. The Morgan fingerprint density at radius 1 is 0.679 bits per heavy atom. The molecule has 0 aliphatic carbocycles. The number of fused-ring (bicyclic) bond motifs is 1. The zero-order valence-electron chi connectivity index (χ0n) is 15.3. The van der Waals surface area contributed by atoms with Gasteiger partial charge in [0, 0.05) is 29.2 Å². The number of aromatic nitrogens is 5. The molecule has 3 aromatic carbocycles. The lowest BCUT2D eigenvalue weighted by Crippen LogP contribution is -2.04. The smallest absolute Gasteiger partial charge is 0.184 e. The molecule has 0 aliphatic heterocycles. The van der Waals surface area contributed by atoms with Crippen molar-refractivity contribution in [3.05, 3.63) is 102 Å². The van der Waals surface area contributed by atoms with Crippen LogP contribution in [0.2, 0.25) is 0 Å². The molecule has 5 nitrogen and oxygen atoms in total. The Morgan fingerprint density at radius 3 is 2.07 bits per heavy atom. The first-order valence-electron chi connectivity index (χ1n) is 9.31. The van der Waals surface area contributed by atoms with Gasteiger partial charge in [-0.3, -0.25) is 0 Å². The van der Waals surface area contributed by atoms with Crippen LogP contribution in [-0.2, 0) is 13.1 Å². The van der Waals surface area contributed by atoms with E-state index < -0.39 is 0 Å². The van der Waals surface area contributed by atoms with Crippen LogP contribution in [0.25, 0.3) is 22.3 Å². The molecule has 136 valence electrons. The molecule has 0 amide bonds. The van der Waals surface area contributed by atoms with Crippen LogP contribution in [0.15, 0.2) is 91.1 Å². The minimum Gasteiger partial charge on any atom is -0.342 e. The van der Waals surface area contributed by atoms with Gasteiger partial charge in [-0.15, -0.1) is 5.10 Å². The van der Waals surface area contributed by atoms with Gasteiger partial charge in [-0.1, -0.05) is 78.9 Å². The van der Waals surface area contributed by atoms with Crippen LogP contribution in [0.4, 0.5) is 0 Å². The van der Waals surface area contributed by atoms with Crippen LogP contribution in [0.5, 0.6) is 0 Å². The monoisotopic (exact) mass is 365 g/mol. The second-order valence-electron chi connectivity index (χ2n) is 6.82. The van der Waals surface area contributed by atoms with Gasteiger partial charge in [-0.25, -0.2) is 4.68 Å². The summed E-state index contributed by atoms with van der Waals surface area (Å²) in [6.07, 6.45) is 2.16. The van der Waals surface area contributed by atoms with Crippen molar-refractivity contribution >= 4 is 10.9 Å². The zero-order chi connectivity index (χ0) is 18.8. The fourth-order valence-corrected chi connectivity index (χ4v) is 3.60. The van der Waals surface area contributed by atoms with E-state index in [0.29, 0.717) is 6.54 Å². The molecule has 2 aromatic heterocycles. The summed E-state index contributed by atoms with van der Waals surface area (Å²) in [6.45, 7) is 1.45. The van der Waals surface area contributed by atoms with Gasteiger partial charge in [0.1, 0.15) is 0 Å². The van der Waals surface area contributed by atoms with Crippen molar-refractivity contribution < 1.29 is 0 Å². The number of nitrogens with zero attached hydrogens (tertiary/aromatic N) is 5. The molecule has 5 rings (SSSR count). The lowest BCUT2D eigenvalue weighted by molar-refractivity contribution is 0.653. The highest BCUT2D eigenvalue weighted by Gasteiger charge is 2.16. The Bertz CT molecular complexity index is 1210. The Balaban J connectivity index is 1.58. The van der Waals surface area contributed by atoms with Crippen LogP contribution in [-0.4, -0.2) is 24.8 Å². The predicted molar refractivity (Wildman–Crippen MR) is 110 cm³/mol. The standard InChI is InChI=1S/C23H19N5/c1-3-9-18(10-4-1)15-27-17-21(20-13-7-8-14-22(20)27)23-24-25-26-28(23)16-19-11-5-2-6-12-19/h1-14,17H,15-16H2. The van der Waals surface area contributed by atoms with E-state index >= 15 is 0 Å². The Morgan fingerprint density at radius 2 is 1.32 bits per heavy atom. The molecule has 28 heavy (non-hydrogen) atoms. The molecule has 2 heterocycles. The van der Waals surface area contributed by atoms with E-state index in [0.717, 1.165) is 23.3 Å². The SMILES string of the molecule is c1ccc(Cn2nnnc2-c2cn(Cc3ccccc3)c3ccccc23)cc1. The first-order chi connectivity index (χ1) is 13.9. The van der Waals surface area contributed by atoms with Crippen LogP contribution in [0, 0.1) is 0 Å². The van der Waals surface area contributed by atoms with Crippen molar-refractivity contribution in [2.24, 2.45) is 0 Å². The van der Waals surface area contributed by atoms with Crippen LogP contribution in [0.3, 0.4) is 0 Å². The number of benzene rings is 3. The summed E-state index contributed by atoms with van der Waals surface area (Å²) in [6, 6.07) is 29.1. The van der Waals surface area contributed by atoms with Crippen molar-refractivity contribution in [2.75, 3.05) is 0 Å². The average molecular weight is 365 g/mol. The summed E-state index contributed by atoms with van der Waals surface area (Å²) < 4.78 is 4.13. The number of para-hydroxylation sites is 1. The van der Waals surface area contributed by atoms with E-state index in [9.17, 15) is 0 Å². The van der Waals surface area contributed by atoms with Gasteiger partial charge in [0.15, 0.2) is 5.82 Å². The molecule has 0 fully saturated rings. The number of tetrazole rings is 1. The minimum atomic E-state index is 0.640. The molecule has 0 aliphatic rings. The maximum absolute atomic E-state index is 4.34. The summed E-state index contributed by atoms with van der Waals surface area (Å²) in [7, 11) is 0.